The van der Waals surface area contributed by atoms with Crippen LogP contribution in [0.4, 0.5) is 4.39 Å². The van der Waals surface area contributed by atoms with Crippen LogP contribution in [0.2, 0.25) is 5.02 Å². The van der Waals surface area contributed by atoms with E-state index in [1.165, 1.54) is 29.5 Å². The topological polar surface area (TPSA) is 89.8 Å². The quantitative estimate of drug-likeness (QED) is 0.667. The van der Waals surface area contributed by atoms with Crippen LogP contribution in [0.15, 0.2) is 46.0 Å². The van der Waals surface area contributed by atoms with Gasteiger partial charge in [-0.25, -0.2) is 14.2 Å². The number of carboxylic acids is 1. The highest BCUT2D eigenvalue weighted by Gasteiger charge is 2.33. The fourth-order valence-corrected chi connectivity index (χ4v) is 4.32. The van der Waals surface area contributed by atoms with Gasteiger partial charge < -0.3 is 15.7 Å². The Kier molecular flexibility index (Phi) is 5.91. The molecule has 2 aromatic rings. The van der Waals surface area contributed by atoms with Crippen LogP contribution in [0, 0.1) is 5.82 Å². The molecule has 1 fully saturated rings. The van der Waals surface area contributed by atoms with Crippen molar-refractivity contribution in [2.45, 2.75) is 6.04 Å². The first-order valence-electron chi connectivity index (χ1n) is 9.12. The van der Waals surface area contributed by atoms with Crippen LogP contribution in [0.1, 0.15) is 16.6 Å². The van der Waals surface area contributed by atoms with Gasteiger partial charge in [0.05, 0.1) is 5.57 Å². The molecule has 0 spiro atoms. The number of aliphatic imine (C=N–C) groups is 1. The maximum atomic E-state index is 13.6. The second kappa shape index (κ2) is 8.58. The molecule has 10 heteroatoms. The Hall–Kier alpha value is -2.33. The minimum Gasteiger partial charge on any atom is -0.478 e. The molecule has 3 N–H and O–H groups in total. The molecule has 2 aliphatic rings. The van der Waals surface area contributed by atoms with Crippen LogP contribution in [0.5, 0.6) is 0 Å². The van der Waals surface area contributed by atoms with Gasteiger partial charge in [0.2, 0.25) is 0 Å². The number of halogens is 2. The van der Waals surface area contributed by atoms with Crippen molar-refractivity contribution in [3.8, 4) is 0 Å². The highest BCUT2D eigenvalue weighted by molar-refractivity contribution is 7.11. The molecule has 3 heterocycles. The summed E-state index contributed by atoms with van der Waals surface area (Å²) in [6.07, 6.45) is 1.66. The molecule has 0 bridgehead atoms. The van der Waals surface area contributed by atoms with Crippen molar-refractivity contribution >= 4 is 34.7 Å². The maximum Gasteiger partial charge on any atom is 0.335 e. The average Bonchev–Trinajstić information content (AvgIpc) is 3.23. The van der Waals surface area contributed by atoms with Gasteiger partial charge in [-0.3, -0.25) is 9.89 Å². The van der Waals surface area contributed by atoms with E-state index < -0.39 is 17.8 Å². The summed E-state index contributed by atoms with van der Waals surface area (Å²) in [4.78, 5) is 23.3. The SMILES string of the molecule is O=C(O)C1=C(CN2CCNCC2)NC(c2nccs2)=N[C@H]1c1ccc(F)cc1Cl. The first kappa shape index (κ1) is 20.0. The molecular weight excluding hydrogens is 417 g/mol. The number of hydrogen-bond acceptors (Lipinski definition) is 7. The first-order chi connectivity index (χ1) is 14.0. The van der Waals surface area contributed by atoms with Crippen molar-refractivity contribution in [2.75, 3.05) is 32.7 Å². The van der Waals surface area contributed by atoms with Gasteiger partial charge in [0.25, 0.3) is 0 Å². The van der Waals surface area contributed by atoms with E-state index in [-0.39, 0.29) is 10.6 Å². The molecule has 0 radical (unpaired) electrons. The Morgan fingerprint density at radius 3 is 2.83 bits per heavy atom. The van der Waals surface area contributed by atoms with Crippen LogP contribution in [-0.4, -0.2) is 59.5 Å². The molecule has 2 aliphatic heterocycles. The van der Waals surface area contributed by atoms with Crippen molar-refractivity contribution in [2.24, 2.45) is 4.99 Å². The summed E-state index contributed by atoms with van der Waals surface area (Å²) in [7, 11) is 0. The standard InChI is InChI=1S/C19H19ClFN5O2S/c20-13-9-11(21)1-2-12(13)16-15(19(27)28)14(10-26-6-3-22-4-7-26)24-17(25-16)18-23-5-8-29-18/h1-2,5,8-9,16,22H,3-4,6-7,10H2,(H,24,25)(H,27,28)/t16-/m0/s1. The Morgan fingerprint density at radius 2 is 2.17 bits per heavy atom. The lowest BCUT2D eigenvalue weighted by atomic mass is 9.95. The van der Waals surface area contributed by atoms with Crippen molar-refractivity contribution in [1.82, 2.24) is 20.5 Å². The highest BCUT2D eigenvalue weighted by atomic mass is 35.5. The van der Waals surface area contributed by atoms with Crippen LogP contribution >= 0.6 is 22.9 Å². The van der Waals surface area contributed by atoms with Gasteiger partial charge in [-0.1, -0.05) is 17.7 Å². The van der Waals surface area contributed by atoms with Gasteiger partial charge in [0.1, 0.15) is 11.9 Å². The smallest absolute Gasteiger partial charge is 0.335 e. The third-order valence-electron chi connectivity index (χ3n) is 4.84. The second-order valence-corrected chi connectivity index (χ2v) is 8.03. The van der Waals surface area contributed by atoms with Gasteiger partial charge in [0, 0.05) is 60.6 Å². The van der Waals surface area contributed by atoms with E-state index in [1.54, 1.807) is 6.20 Å². The van der Waals surface area contributed by atoms with Crippen LogP contribution < -0.4 is 10.6 Å². The number of rotatable bonds is 5. The van der Waals surface area contributed by atoms with Gasteiger partial charge in [-0.15, -0.1) is 11.3 Å². The normalized spacial score (nSPS) is 20.3. The molecular formula is C19H19ClFN5O2S. The van der Waals surface area contributed by atoms with E-state index >= 15 is 0 Å². The van der Waals surface area contributed by atoms with Crippen molar-refractivity contribution in [1.29, 1.82) is 0 Å². The molecule has 152 valence electrons. The van der Waals surface area contributed by atoms with Crippen LogP contribution in [-0.2, 0) is 4.79 Å². The lowest BCUT2D eigenvalue weighted by Gasteiger charge is -2.32. The number of amidine groups is 1. The summed E-state index contributed by atoms with van der Waals surface area (Å²) in [6.45, 7) is 3.74. The van der Waals surface area contributed by atoms with Crippen molar-refractivity contribution in [3.63, 3.8) is 0 Å². The van der Waals surface area contributed by atoms with E-state index in [4.69, 9.17) is 11.6 Å². The van der Waals surface area contributed by atoms with E-state index in [0.29, 0.717) is 28.6 Å². The Bertz CT molecular complexity index is 973. The molecule has 29 heavy (non-hydrogen) atoms. The zero-order valence-corrected chi connectivity index (χ0v) is 16.9. The summed E-state index contributed by atoms with van der Waals surface area (Å²) in [6, 6.07) is 3.06. The second-order valence-electron chi connectivity index (χ2n) is 6.73. The summed E-state index contributed by atoms with van der Waals surface area (Å²) in [5.41, 5.74) is 1.10. The summed E-state index contributed by atoms with van der Waals surface area (Å²) < 4.78 is 13.6. The van der Waals surface area contributed by atoms with Gasteiger partial charge >= 0.3 is 5.97 Å². The van der Waals surface area contributed by atoms with Gasteiger partial charge in [-0.05, 0) is 12.1 Å². The predicted molar refractivity (Wildman–Crippen MR) is 110 cm³/mol. The molecule has 0 saturated carbocycles. The maximum absolute atomic E-state index is 13.6. The Labute approximate surface area is 175 Å². The Morgan fingerprint density at radius 1 is 1.38 bits per heavy atom. The monoisotopic (exact) mass is 435 g/mol. The number of benzene rings is 1. The fraction of sp³-hybridized carbons (Fsp3) is 0.316. The minimum atomic E-state index is -1.09. The number of carbonyl (C=O) groups is 1. The lowest BCUT2D eigenvalue weighted by Crippen LogP contribution is -2.47. The summed E-state index contributed by atoms with van der Waals surface area (Å²) in [5.74, 6) is -1.09. The van der Waals surface area contributed by atoms with E-state index in [0.717, 1.165) is 26.2 Å². The first-order valence-corrected chi connectivity index (χ1v) is 10.4. The zero-order chi connectivity index (χ0) is 20.4. The summed E-state index contributed by atoms with van der Waals surface area (Å²) in [5, 5.41) is 19.1. The number of thiazole rings is 1. The zero-order valence-electron chi connectivity index (χ0n) is 15.4. The third kappa shape index (κ3) is 4.32. The number of aromatic nitrogens is 1. The lowest BCUT2D eigenvalue weighted by molar-refractivity contribution is -0.133. The molecule has 1 saturated heterocycles. The van der Waals surface area contributed by atoms with Crippen LogP contribution in [0.3, 0.4) is 0 Å². The van der Waals surface area contributed by atoms with E-state index in [1.807, 2.05) is 5.38 Å². The van der Waals surface area contributed by atoms with E-state index in [2.05, 4.69) is 25.5 Å². The predicted octanol–water partition coefficient (Wildman–Crippen LogP) is 2.27. The molecule has 7 nitrogen and oxygen atoms in total. The van der Waals surface area contributed by atoms with Crippen LogP contribution in [0.25, 0.3) is 0 Å². The third-order valence-corrected chi connectivity index (χ3v) is 5.95. The fourth-order valence-electron chi connectivity index (χ4n) is 3.46. The number of nitrogens with one attached hydrogen (secondary N) is 2. The largest absolute Gasteiger partial charge is 0.478 e. The molecule has 0 amide bonds. The molecule has 0 aliphatic carbocycles. The molecule has 1 atom stereocenters. The number of piperazine rings is 1. The highest BCUT2D eigenvalue weighted by Crippen LogP contribution is 2.36. The minimum absolute atomic E-state index is 0.109. The number of carboxylic acid groups (broad SMARTS) is 1. The molecule has 0 unspecified atom stereocenters. The van der Waals surface area contributed by atoms with Crippen molar-refractivity contribution in [3.05, 3.63) is 62.5 Å². The summed E-state index contributed by atoms with van der Waals surface area (Å²) >= 11 is 7.67. The number of nitrogens with zero attached hydrogens (tertiary/aromatic N) is 3. The average molecular weight is 436 g/mol. The molecule has 1 aromatic heterocycles. The van der Waals surface area contributed by atoms with Gasteiger partial charge in [0.15, 0.2) is 10.8 Å². The molecule has 1 aromatic carbocycles. The molecule has 4 rings (SSSR count). The van der Waals surface area contributed by atoms with Crippen molar-refractivity contribution < 1.29 is 14.3 Å². The number of hydrogen-bond donors (Lipinski definition) is 3. The number of aliphatic carboxylic acids is 1. The van der Waals surface area contributed by atoms with E-state index in [9.17, 15) is 14.3 Å². The Balaban J connectivity index is 1.79. The van der Waals surface area contributed by atoms with Gasteiger partial charge in [-0.2, -0.15) is 0 Å².